The number of rotatable bonds is 6. The van der Waals surface area contributed by atoms with Crippen LogP contribution < -0.4 is 10.9 Å². The quantitative estimate of drug-likeness (QED) is 0.240. The zero-order valence-corrected chi connectivity index (χ0v) is 23.1. The SMILES string of the molecule is [2H]C([2H])([2H])n1c(=O)c2cc(C)cc(C(C)Nc3ccc(Cl)nc3-c3cnn(C)c3)c2c2cnn(C3CCN(CC#N)C3)c21. The molecule has 1 fully saturated rings. The van der Waals surface area contributed by atoms with Crippen LogP contribution in [0.25, 0.3) is 33.1 Å². The zero-order valence-electron chi connectivity index (χ0n) is 25.4. The summed E-state index contributed by atoms with van der Waals surface area (Å²) in [6.45, 7) is 2.64. The van der Waals surface area contributed by atoms with Gasteiger partial charge in [-0.05, 0) is 49.6 Å². The predicted molar refractivity (Wildman–Crippen MR) is 156 cm³/mol. The molecule has 0 saturated carbocycles. The van der Waals surface area contributed by atoms with Gasteiger partial charge in [0, 0.05) is 65.2 Å². The molecule has 0 bridgehead atoms. The number of aromatic nitrogens is 6. The van der Waals surface area contributed by atoms with Gasteiger partial charge in [0.25, 0.3) is 5.56 Å². The summed E-state index contributed by atoms with van der Waals surface area (Å²) in [5.74, 6) is 0. The number of halogens is 1. The minimum Gasteiger partial charge on any atom is -0.377 e. The van der Waals surface area contributed by atoms with Crippen molar-refractivity contribution in [3.63, 3.8) is 0 Å². The molecule has 2 atom stereocenters. The van der Waals surface area contributed by atoms with Crippen molar-refractivity contribution in [2.45, 2.75) is 32.4 Å². The van der Waals surface area contributed by atoms with Gasteiger partial charge in [-0.25, -0.2) is 9.67 Å². The van der Waals surface area contributed by atoms with Gasteiger partial charge >= 0.3 is 0 Å². The number of nitriles is 1. The van der Waals surface area contributed by atoms with Crippen LogP contribution in [-0.2, 0) is 14.0 Å². The van der Waals surface area contributed by atoms with Crippen molar-refractivity contribution in [1.29, 1.82) is 5.26 Å². The molecule has 6 rings (SSSR count). The Bertz CT molecular complexity index is 1970. The largest absolute Gasteiger partial charge is 0.377 e. The summed E-state index contributed by atoms with van der Waals surface area (Å²) in [4.78, 5) is 20.6. The highest BCUT2D eigenvalue weighted by Gasteiger charge is 2.28. The van der Waals surface area contributed by atoms with Crippen LogP contribution in [0, 0.1) is 18.3 Å². The first-order valence-corrected chi connectivity index (χ1v) is 13.4. The summed E-state index contributed by atoms with van der Waals surface area (Å²) in [6, 6.07) is 8.98. The lowest BCUT2D eigenvalue weighted by atomic mass is 9.95. The van der Waals surface area contributed by atoms with Gasteiger partial charge < -0.3 is 5.32 Å². The molecule has 1 aromatic carbocycles. The number of likely N-dealkylation sites (tertiary alicyclic amines) is 1. The van der Waals surface area contributed by atoms with E-state index in [1.807, 2.05) is 44.1 Å². The molecule has 0 radical (unpaired) electrons. The number of hydrogen-bond acceptors (Lipinski definition) is 7. The van der Waals surface area contributed by atoms with Gasteiger partial charge in [0.05, 0.1) is 42.4 Å². The second-order valence-electron chi connectivity index (χ2n) is 10.4. The molecule has 5 heterocycles. The molecule has 1 saturated heterocycles. The predicted octanol–water partition coefficient (Wildman–Crippen LogP) is 4.59. The molecule has 1 N–H and O–H groups in total. The molecule has 204 valence electrons. The summed E-state index contributed by atoms with van der Waals surface area (Å²) in [5.41, 5.74) is 3.45. The lowest BCUT2D eigenvalue weighted by Gasteiger charge is -2.21. The van der Waals surface area contributed by atoms with Gasteiger partial charge in [-0.15, -0.1) is 0 Å². The van der Waals surface area contributed by atoms with Crippen LogP contribution in [0.2, 0.25) is 5.15 Å². The number of aryl methyl sites for hydroxylation is 3. The van der Waals surface area contributed by atoms with Gasteiger partial charge in [0.2, 0.25) is 0 Å². The molecule has 40 heavy (non-hydrogen) atoms. The highest BCUT2D eigenvalue weighted by Crippen LogP contribution is 2.36. The third-order valence-corrected chi connectivity index (χ3v) is 7.77. The average Bonchev–Trinajstić information content (AvgIpc) is 3.69. The molecular weight excluding hydrogens is 526 g/mol. The van der Waals surface area contributed by atoms with E-state index in [1.165, 1.54) is 0 Å². The van der Waals surface area contributed by atoms with Crippen molar-refractivity contribution in [2.75, 3.05) is 25.0 Å². The maximum absolute atomic E-state index is 14.0. The minimum absolute atomic E-state index is 0.178. The standard InChI is InChI=1S/C29H30ClN9O/c1-17-11-21(18(2)34-24-5-6-25(30)35-27(24)19-13-32-36(3)15-19)26-22(12-17)29(40)37(4)28-23(26)14-33-39(28)20-7-9-38(16-20)10-8-31/h5-6,11-15,18,20,34H,7,9-10,16H2,1-4H3/i4D3. The molecule has 4 aromatic heterocycles. The minimum atomic E-state index is -2.73. The van der Waals surface area contributed by atoms with E-state index < -0.39 is 12.5 Å². The normalized spacial score (nSPS) is 18.0. The van der Waals surface area contributed by atoms with Crippen LogP contribution in [-0.4, -0.2) is 53.6 Å². The number of nitrogens with one attached hydrogen (secondary N) is 1. The van der Waals surface area contributed by atoms with E-state index in [0.717, 1.165) is 26.9 Å². The van der Waals surface area contributed by atoms with Crippen molar-refractivity contribution in [1.82, 2.24) is 34.0 Å². The number of nitrogens with zero attached hydrogens (tertiary/aromatic N) is 8. The molecule has 10 nitrogen and oxygen atoms in total. The molecule has 0 spiro atoms. The number of anilines is 1. The molecule has 5 aromatic rings. The van der Waals surface area contributed by atoms with Crippen LogP contribution >= 0.6 is 11.6 Å². The topological polar surface area (TPSA) is 110 Å². The first-order chi connectivity index (χ1) is 20.5. The highest BCUT2D eigenvalue weighted by atomic mass is 35.5. The van der Waals surface area contributed by atoms with Crippen molar-refractivity contribution in [3.05, 3.63) is 69.5 Å². The van der Waals surface area contributed by atoms with E-state index in [2.05, 4.69) is 26.6 Å². The summed E-state index contributed by atoms with van der Waals surface area (Å²) < 4.78 is 29.2. The fraction of sp³-hybridized carbons (Fsp3) is 0.345. The maximum atomic E-state index is 14.0. The summed E-state index contributed by atoms with van der Waals surface area (Å²) >= 11 is 6.27. The van der Waals surface area contributed by atoms with Crippen LogP contribution in [0.15, 0.2) is 47.7 Å². The summed E-state index contributed by atoms with van der Waals surface area (Å²) in [7, 11) is 1.83. The zero-order chi connectivity index (χ0) is 30.6. The average molecular weight is 559 g/mol. The van der Waals surface area contributed by atoms with Crippen LogP contribution in [0.4, 0.5) is 5.69 Å². The van der Waals surface area contributed by atoms with Crippen LogP contribution in [0.1, 0.15) is 40.7 Å². The van der Waals surface area contributed by atoms with E-state index in [0.29, 0.717) is 46.5 Å². The Morgan fingerprint density at radius 1 is 1.27 bits per heavy atom. The fourth-order valence-corrected chi connectivity index (χ4v) is 5.89. The van der Waals surface area contributed by atoms with Crippen molar-refractivity contribution >= 4 is 39.1 Å². The third-order valence-electron chi connectivity index (χ3n) is 7.56. The first-order valence-electron chi connectivity index (χ1n) is 14.5. The third kappa shape index (κ3) is 4.41. The number of fused-ring (bicyclic) bond motifs is 3. The Morgan fingerprint density at radius 2 is 2.12 bits per heavy atom. The number of benzene rings is 1. The van der Waals surface area contributed by atoms with Crippen LogP contribution in [0.3, 0.4) is 0 Å². The van der Waals surface area contributed by atoms with Gasteiger partial charge in [-0.2, -0.15) is 15.5 Å². The van der Waals surface area contributed by atoms with E-state index in [9.17, 15) is 10.1 Å². The highest BCUT2D eigenvalue weighted by molar-refractivity contribution is 6.29. The van der Waals surface area contributed by atoms with Gasteiger partial charge in [-0.1, -0.05) is 17.7 Å². The molecular formula is C29H30ClN9O. The second kappa shape index (κ2) is 10.1. The van der Waals surface area contributed by atoms with E-state index in [1.54, 1.807) is 33.9 Å². The van der Waals surface area contributed by atoms with E-state index in [-0.39, 0.29) is 24.3 Å². The monoisotopic (exact) mass is 558 g/mol. The molecule has 0 aliphatic carbocycles. The van der Waals surface area contributed by atoms with Gasteiger partial charge in [0.15, 0.2) is 0 Å². The Balaban J connectivity index is 1.54. The lowest BCUT2D eigenvalue weighted by molar-refractivity contribution is 0.355. The Labute approximate surface area is 240 Å². The van der Waals surface area contributed by atoms with Gasteiger partial charge in [-0.3, -0.25) is 18.9 Å². The smallest absolute Gasteiger partial charge is 0.259 e. The van der Waals surface area contributed by atoms with E-state index in [4.69, 9.17) is 15.7 Å². The first kappa shape index (κ1) is 22.6. The Hall–Kier alpha value is -4.20. The lowest BCUT2D eigenvalue weighted by Crippen LogP contribution is -2.24. The fourth-order valence-electron chi connectivity index (χ4n) is 5.75. The number of hydrogen-bond donors (Lipinski definition) is 1. The van der Waals surface area contributed by atoms with Crippen molar-refractivity contribution < 1.29 is 4.11 Å². The molecule has 1 aliphatic heterocycles. The molecule has 1 aliphatic rings. The Kier molecular flexibility index (Phi) is 5.70. The molecule has 11 heteroatoms. The van der Waals surface area contributed by atoms with E-state index >= 15 is 0 Å². The Morgan fingerprint density at radius 3 is 2.88 bits per heavy atom. The molecule has 2 unspecified atom stereocenters. The van der Waals surface area contributed by atoms with Crippen LogP contribution in [0.5, 0.6) is 0 Å². The summed E-state index contributed by atoms with van der Waals surface area (Å²) in [5, 5.41) is 23.5. The number of pyridine rings is 2. The van der Waals surface area contributed by atoms with Crippen molar-refractivity contribution in [2.24, 2.45) is 14.0 Å². The maximum Gasteiger partial charge on any atom is 0.259 e. The molecule has 0 amide bonds. The van der Waals surface area contributed by atoms with Crippen molar-refractivity contribution in [3.8, 4) is 17.3 Å². The second-order valence-corrected chi connectivity index (χ2v) is 10.8. The summed E-state index contributed by atoms with van der Waals surface area (Å²) in [6.07, 6.45) is 5.91. The van der Waals surface area contributed by atoms with Gasteiger partial charge in [0.1, 0.15) is 10.8 Å².